The van der Waals surface area contributed by atoms with Gasteiger partial charge >= 0.3 is 12.1 Å². The molecule has 0 saturated carbocycles. The van der Waals surface area contributed by atoms with E-state index < -0.39 is 23.9 Å². The van der Waals surface area contributed by atoms with E-state index in [-0.39, 0.29) is 25.7 Å². The zero-order valence-corrected chi connectivity index (χ0v) is 12.8. The first kappa shape index (κ1) is 15.8. The molecule has 2 fully saturated rings. The van der Waals surface area contributed by atoms with Crippen LogP contribution in [0.2, 0.25) is 0 Å². The number of hydrogen-bond acceptors (Lipinski definition) is 5. The third-order valence-electron chi connectivity index (χ3n) is 4.01. The summed E-state index contributed by atoms with van der Waals surface area (Å²) in [4.78, 5) is 24.9. The van der Waals surface area contributed by atoms with Crippen molar-refractivity contribution in [1.82, 2.24) is 4.90 Å². The highest BCUT2D eigenvalue weighted by molar-refractivity contribution is 5.81. The molecule has 1 N–H and O–H groups in total. The molecular weight excluding hydrogens is 302 g/mol. The van der Waals surface area contributed by atoms with E-state index in [0.29, 0.717) is 6.61 Å². The van der Waals surface area contributed by atoms with Crippen LogP contribution in [0, 0.1) is 0 Å². The predicted molar refractivity (Wildman–Crippen MR) is 78.6 cm³/mol. The van der Waals surface area contributed by atoms with E-state index in [9.17, 15) is 14.7 Å². The summed E-state index contributed by atoms with van der Waals surface area (Å²) in [6.45, 7) is 2.38. The Labute approximate surface area is 133 Å². The Balaban J connectivity index is 1.67. The van der Waals surface area contributed by atoms with Gasteiger partial charge in [0.05, 0.1) is 19.3 Å². The summed E-state index contributed by atoms with van der Waals surface area (Å²) < 4.78 is 16.5. The van der Waals surface area contributed by atoms with Crippen LogP contribution in [0.15, 0.2) is 30.3 Å². The molecule has 0 radical (unpaired) electrons. The number of benzene rings is 1. The maximum atomic E-state index is 12.3. The standard InChI is InChI=1S/C16H19NO6/c1-11-8-22-16(23-11)7-13(14(18)19)17(10-16)15(20)21-9-12-5-3-2-4-6-12/h2-6,11,13H,7-10H2,1H3,(H,18,19)/t11?,13-,16?/m0/s1. The minimum Gasteiger partial charge on any atom is -0.480 e. The van der Waals surface area contributed by atoms with Gasteiger partial charge in [0, 0.05) is 6.42 Å². The van der Waals surface area contributed by atoms with Gasteiger partial charge in [0.25, 0.3) is 0 Å². The highest BCUT2D eigenvalue weighted by atomic mass is 16.7. The zero-order chi connectivity index (χ0) is 16.4. The summed E-state index contributed by atoms with van der Waals surface area (Å²) in [6.07, 6.45) is -0.692. The van der Waals surface area contributed by atoms with E-state index in [0.717, 1.165) is 5.56 Å². The highest BCUT2D eigenvalue weighted by Gasteiger charge is 2.54. The summed E-state index contributed by atoms with van der Waals surface area (Å²) in [7, 11) is 0. The molecule has 0 bridgehead atoms. The van der Waals surface area contributed by atoms with Gasteiger partial charge in [-0.2, -0.15) is 0 Å². The van der Waals surface area contributed by atoms with Gasteiger partial charge in [-0.25, -0.2) is 9.59 Å². The SMILES string of the molecule is CC1COC2(C[C@@H](C(=O)O)N(C(=O)OCc3ccccc3)C2)O1. The zero-order valence-electron chi connectivity index (χ0n) is 12.8. The number of carbonyl (C=O) groups is 2. The lowest BCUT2D eigenvalue weighted by Crippen LogP contribution is -2.41. The third-order valence-corrected chi connectivity index (χ3v) is 4.01. The van der Waals surface area contributed by atoms with Crippen LogP contribution in [0.25, 0.3) is 0 Å². The first-order valence-electron chi connectivity index (χ1n) is 7.51. The fourth-order valence-corrected chi connectivity index (χ4v) is 2.95. The Hall–Kier alpha value is -2.12. The van der Waals surface area contributed by atoms with Crippen molar-refractivity contribution in [3.63, 3.8) is 0 Å². The molecule has 1 aromatic carbocycles. The molecular formula is C16H19NO6. The molecule has 2 aliphatic heterocycles. The molecule has 124 valence electrons. The number of carbonyl (C=O) groups excluding carboxylic acids is 1. The largest absolute Gasteiger partial charge is 0.480 e. The molecule has 0 aromatic heterocycles. The molecule has 7 heteroatoms. The third kappa shape index (κ3) is 3.30. The monoisotopic (exact) mass is 321 g/mol. The number of hydrogen-bond donors (Lipinski definition) is 1. The van der Waals surface area contributed by atoms with Crippen LogP contribution in [-0.4, -0.2) is 53.2 Å². The predicted octanol–water partition coefficient (Wildman–Crippen LogP) is 1.61. The van der Waals surface area contributed by atoms with E-state index in [2.05, 4.69) is 0 Å². The van der Waals surface area contributed by atoms with Gasteiger partial charge in [0.1, 0.15) is 12.6 Å². The van der Waals surface area contributed by atoms with E-state index >= 15 is 0 Å². The molecule has 1 amide bonds. The lowest BCUT2D eigenvalue weighted by atomic mass is 10.1. The molecule has 2 unspecified atom stereocenters. The van der Waals surface area contributed by atoms with Gasteiger partial charge in [-0.1, -0.05) is 30.3 Å². The number of nitrogens with zero attached hydrogens (tertiary/aromatic N) is 1. The molecule has 0 aliphatic carbocycles. The van der Waals surface area contributed by atoms with Gasteiger partial charge in [0.2, 0.25) is 0 Å². The van der Waals surface area contributed by atoms with E-state index in [1.165, 1.54) is 4.90 Å². The molecule has 3 rings (SSSR count). The van der Waals surface area contributed by atoms with Crippen molar-refractivity contribution in [3.8, 4) is 0 Å². The Bertz CT molecular complexity index is 591. The number of carboxylic acid groups (broad SMARTS) is 1. The van der Waals surface area contributed by atoms with Gasteiger partial charge in [-0.15, -0.1) is 0 Å². The van der Waals surface area contributed by atoms with Gasteiger partial charge in [-0.05, 0) is 12.5 Å². The summed E-state index contributed by atoms with van der Waals surface area (Å²) in [5, 5.41) is 9.37. The number of amides is 1. The molecule has 3 atom stereocenters. The van der Waals surface area contributed by atoms with Crippen molar-refractivity contribution >= 4 is 12.1 Å². The molecule has 7 nitrogen and oxygen atoms in total. The lowest BCUT2D eigenvalue weighted by Gasteiger charge is -2.22. The average molecular weight is 321 g/mol. The normalized spacial score (nSPS) is 29.9. The van der Waals surface area contributed by atoms with Crippen molar-refractivity contribution in [1.29, 1.82) is 0 Å². The van der Waals surface area contributed by atoms with Crippen LogP contribution in [0.4, 0.5) is 4.79 Å². The van der Waals surface area contributed by atoms with Gasteiger partial charge < -0.3 is 19.3 Å². The topological polar surface area (TPSA) is 85.3 Å². The number of likely N-dealkylation sites (tertiary alicyclic amines) is 1. The van der Waals surface area contributed by atoms with Crippen molar-refractivity contribution in [2.24, 2.45) is 0 Å². The molecule has 2 heterocycles. The number of rotatable bonds is 3. The summed E-state index contributed by atoms with van der Waals surface area (Å²) >= 11 is 0. The minimum absolute atomic E-state index is 0.0575. The molecule has 2 aliphatic rings. The van der Waals surface area contributed by atoms with Crippen LogP contribution in [-0.2, 0) is 25.6 Å². The lowest BCUT2D eigenvalue weighted by molar-refractivity contribution is -0.157. The van der Waals surface area contributed by atoms with Crippen LogP contribution in [0.5, 0.6) is 0 Å². The number of carboxylic acids is 1. The molecule has 1 aromatic rings. The second kappa shape index (κ2) is 6.17. The Kier molecular flexibility index (Phi) is 4.23. The fourth-order valence-electron chi connectivity index (χ4n) is 2.95. The summed E-state index contributed by atoms with van der Waals surface area (Å²) in [5.41, 5.74) is 0.837. The van der Waals surface area contributed by atoms with E-state index in [1.807, 2.05) is 37.3 Å². The summed E-state index contributed by atoms with van der Waals surface area (Å²) in [6, 6.07) is 8.21. The van der Waals surface area contributed by atoms with Crippen molar-refractivity contribution in [3.05, 3.63) is 35.9 Å². The summed E-state index contributed by atoms with van der Waals surface area (Å²) in [5.74, 6) is -2.13. The number of ether oxygens (including phenoxy) is 3. The van der Waals surface area contributed by atoms with Crippen molar-refractivity contribution < 1.29 is 28.9 Å². The van der Waals surface area contributed by atoms with Crippen LogP contribution >= 0.6 is 0 Å². The van der Waals surface area contributed by atoms with E-state index in [4.69, 9.17) is 14.2 Å². The number of aliphatic carboxylic acids is 1. The smallest absolute Gasteiger partial charge is 0.411 e. The first-order valence-corrected chi connectivity index (χ1v) is 7.51. The molecule has 2 saturated heterocycles. The van der Waals surface area contributed by atoms with Gasteiger partial charge in [0.15, 0.2) is 5.79 Å². The second-order valence-corrected chi connectivity index (χ2v) is 5.88. The van der Waals surface area contributed by atoms with Crippen LogP contribution in [0.3, 0.4) is 0 Å². The van der Waals surface area contributed by atoms with Crippen molar-refractivity contribution in [2.45, 2.75) is 37.9 Å². The van der Waals surface area contributed by atoms with Gasteiger partial charge in [-0.3, -0.25) is 4.90 Å². The molecule has 23 heavy (non-hydrogen) atoms. The first-order chi connectivity index (χ1) is 11.0. The van der Waals surface area contributed by atoms with Crippen LogP contribution < -0.4 is 0 Å². The fraction of sp³-hybridized carbons (Fsp3) is 0.500. The second-order valence-electron chi connectivity index (χ2n) is 5.88. The maximum Gasteiger partial charge on any atom is 0.411 e. The highest BCUT2D eigenvalue weighted by Crippen LogP contribution is 2.37. The van der Waals surface area contributed by atoms with Crippen molar-refractivity contribution in [2.75, 3.05) is 13.2 Å². The average Bonchev–Trinajstić information content (AvgIpc) is 3.09. The maximum absolute atomic E-state index is 12.3. The van der Waals surface area contributed by atoms with Crippen LogP contribution in [0.1, 0.15) is 18.9 Å². The minimum atomic E-state index is -1.09. The quantitative estimate of drug-likeness (QED) is 0.910. The van der Waals surface area contributed by atoms with E-state index in [1.54, 1.807) is 0 Å². The Morgan fingerprint density at radius 1 is 1.39 bits per heavy atom. The molecule has 1 spiro atoms. The Morgan fingerprint density at radius 3 is 2.74 bits per heavy atom. The Morgan fingerprint density at radius 2 is 2.13 bits per heavy atom.